The molecule has 2 radical (unpaired) electrons. The van der Waals surface area contributed by atoms with E-state index in [1.807, 2.05) is 13.8 Å². The molecule has 0 aliphatic carbocycles. The summed E-state index contributed by atoms with van der Waals surface area (Å²) < 4.78 is 5.46. The van der Waals surface area contributed by atoms with Crippen molar-refractivity contribution in [3.8, 4) is 5.75 Å². The molecule has 1 aliphatic rings. The maximum atomic E-state index is 5.83. The molecule has 0 bridgehead atoms. The Morgan fingerprint density at radius 2 is 1.80 bits per heavy atom. The molecule has 2 nitrogen and oxygen atoms in total. The number of aryl methyl sites for hydroxylation is 1. The standard InChI is InChI=1S/C20H32BNO.C2H6/c1-20(2,3)11-5-6-17-7-8-18(23-4)14-19(17)22-12-9-16(15-21)10-13-22;1-2/h7-8,14,16H,5-6,9-13,15H2,1-4H3;1-2H3. The molecule has 140 valence electrons. The van der Waals surface area contributed by atoms with E-state index in [9.17, 15) is 0 Å². The number of piperidine rings is 1. The van der Waals surface area contributed by atoms with Gasteiger partial charge in [-0.15, -0.1) is 0 Å². The third-order valence-electron chi connectivity index (χ3n) is 4.95. The van der Waals surface area contributed by atoms with Crippen molar-refractivity contribution in [2.45, 2.75) is 73.0 Å². The van der Waals surface area contributed by atoms with Crippen LogP contribution < -0.4 is 9.64 Å². The molecule has 1 aromatic carbocycles. The Morgan fingerprint density at radius 1 is 1.16 bits per heavy atom. The number of anilines is 1. The van der Waals surface area contributed by atoms with E-state index in [1.165, 1.54) is 36.9 Å². The molecule has 1 aliphatic heterocycles. The molecule has 1 saturated heterocycles. The zero-order valence-corrected chi connectivity index (χ0v) is 17.4. The monoisotopic (exact) mass is 343 g/mol. The van der Waals surface area contributed by atoms with Gasteiger partial charge in [-0.2, -0.15) is 0 Å². The maximum Gasteiger partial charge on any atom is 0.120 e. The fourth-order valence-corrected chi connectivity index (χ4v) is 3.40. The highest BCUT2D eigenvalue weighted by molar-refractivity contribution is 6.08. The molecule has 0 atom stereocenters. The van der Waals surface area contributed by atoms with Gasteiger partial charge in [0.15, 0.2) is 0 Å². The summed E-state index contributed by atoms with van der Waals surface area (Å²) in [5.41, 5.74) is 3.24. The highest BCUT2D eigenvalue weighted by Gasteiger charge is 2.20. The van der Waals surface area contributed by atoms with E-state index in [1.54, 1.807) is 7.11 Å². The quantitative estimate of drug-likeness (QED) is 0.597. The van der Waals surface area contributed by atoms with Gasteiger partial charge in [-0.1, -0.05) is 47.0 Å². The molecule has 1 fully saturated rings. The Morgan fingerprint density at radius 3 is 2.32 bits per heavy atom. The van der Waals surface area contributed by atoms with Crippen LogP contribution in [-0.2, 0) is 6.42 Å². The molecule has 0 aromatic heterocycles. The second-order valence-corrected chi connectivity index (χ2v) is 8.07. The average molecular weight is 343 g/mol. The van der Waals surface area contributed by atoms with Crippen molar-refractivity contribution in [2.24, 2.45) is 11.3 Å². The molecule has 1 aromatic rings. The summed E-state index contributed by atoms with van der Waals surface area (Å²) in [6.07, 6.45) is 6.87. The molecule has 3 heteroatoms. The predicted molar refractivity (Wildman–Crippen MR) is 112 cm³/mol. The van der Waals surface area contributed by atoms with Crippen molar-refractivity contribution < 1.29 is 4.74 Å². The second-order valence-electron chi connectivity index (χ2n) is 8.07. The number of rotatable bonds is 6. The van der Waals surface area contributed by atoms with E-state index in [-0.39, 0.29) is 0 Å². The molecular formula is C22H38BNO. The molecular weight excluding hydrogens is 305 g/mol. The summed E-state index contributed by atoms with van der Waals surface area (Å²) in [5, 5.41) is 0. The van der Waals surface area contributed by atoms with Crippen LogP contribution >= 0.6 is 0 Å². The van der Waals surface area contributed by atoms with E-state index in [2.05, 4.69) is 43.9 Å². The first-order valence-electron chi connectivity index (χ1n) is 10.0. The topological polar surface area (TPSA) is 12.5 Å². The molecule has 0 unspecified atom stereocenters. The first-order chi connectivity index (χ1) is 11.9. The van der Waals surface area contributed by atoms with E-state index in [0.29, 0.717) is 11.3 Å². The third kappa shape index (κ3) is 7.34. The van der Waals surface area contributed by atoms with Crippen LogP contribution in [0.1, 0.15) is 65.9 Å². The van der Waals surface area contributed by atoms with Crippen LogP contribution in [0.15, 0.2) is 18.2 Å². The second kappa shape index (κ2) is 10.8. The van der Waals surface area contributed by atoms with Gasteiger partial charge in [0, 0.05) is 24.8 Å². The van der Waals surface area contributed by atoms with Gasteiger partial charge in [-0.25, -0.2) is 0 Å². The first-order valence-corrected chi connectivity index (χ1v) is 10.0. The lowest BCUT2D eigenvalue weighted by molar-refractivity contribution is 0.365. The van der Waals surface area contributed by atoms with Gasteiger partial charge in [0.1, 0.15) is 5.75 Å². The Bertz CT molecular complexity index is 487. The first kappa shape index (κ1) is 21.9. The van der Waals surface area contributed by atoms with Crippen LogP contribution in [0.3, 0.4) is 0 Å². The number of nitrogens with zero attached hydrogens (tertiary/aromatic N) is 1. The van der Waals surface area contributed by atoms with Crippen molar-refractivity contribution in [2.75, 3.05) is 25.1 Å². The summed E-state index contributed by atoms with van der Waals surface area (Å²) in [4.78, 5) is 2.53. The minimum Gasteiger partial charge on any atom is -0.497 e. The minimum absolute atomic E-state index is 0.409. The highest BCUT2D eigenvalue weighted by Crippen LogP contribution is 2.32. The Kier molecular flexibility index (Phi) is 9.46. The van der Waals surface area contributed by atoms with E-state index >= 15 is 0 Å². The van der Waals surface area contributed by atoms with Crippen LogP contribution in [0, 0.1) is 11.3 Å². The lowest BCUT2D eigenvalue weighted by Gasteiger charge is -2.35. The SMILES string of the molecule is CC.[B]CC1CCN(c2cc(OC)ccc2CCCC(C)(C)C)CC1. The van der Waals surface area contributed by atoms with Crippen LogP contribution in [-0.4, -0.2) is 28.0 Å². The van der Waals surface area contributed by atoms with Gasteiger partial charge >= 0.3 is 0 Å². The van der Waals surface area contributed by atoms with Gasteiger partial charge in [0.2, 0.25) is 0 Å². The van der Waals surface area contributed by atoms with Crippen molar-refractivity contribution in [3.63, 3.8) is 0 Å². The van der Waals surface area contributed by atoms with Gasteiger partial charge < -0.3 is 9.64 Å². The smallest absolute Gasteiger partial charge is 0.120 e. The van der Waals surface area contributed by atoms with Gasteiger partial charge in [0.05, 0.1) is 15.0 Å². The molecule has 1 heterocycles. The van der Waals surface area contributed by atoms with Crippen molar-refractivity contribution in [3.05, 3.63) is 23.8 Å². The Hall–Kier alpha value is -1.12. The van der Waals surface area contributed by atoms with Gasteiger partial charge in [-0.05, 0) is 55.1 Å². The molecule has 0 spiro atoms. The van der Waals surface area contributed by atoms with Gasteiger partial charge in [0.25, 0.3) is 0 Å². The van der Waals surface area contributed by atoms with Crippen LogP contribution in [0.2, 0.25) is 6.32 Å². The van der Waals surface area contributed by atoms with Crippen molar-refractivity contribution >= 4 is 13.5 Å². The lowest BCUT2D eigenvalue weighted by Crippen LogP contribution is -2.34. The van der Waals surface area contributed by atoms with Crippen LogP contribution in [0.4, 0.5) is 5.69 Å². The molecule has 2 rings (SSSR count). The summed E-state index contributed by atoms with van der Waals surface area (Å²) in [7, 11) is 7.58. The molecule has 0 N–H and O–H groups in total. The summed E-state index contributed by atoms with van der Waals surface area (Å²) >= 11 is 0. The fraction of sp³-hybridized carbons (Fsp3) is 0.727. The highest BCUT2D eigenvalue weighted by atomic mass is 16.5. The summed E-state index contributed by atoms with van der Waals surface area (Å²) in [5.74, 6) is 1.65. The summed E-state index contributed by atoms with van der Waals surface area (Å²) in [6, 6.07) is 6.57. The number of hydrogen-bond acceptors (Lipinski definition) is 2. The maximum absolute atomic E-state index is 5.83. The van der Waals surface area contributed by atoms with Crippen LogP contribution in [0.25, 0.3) is 0 Å². The van der Waals surface area contributed by atoms with Crippen molar-refractivity contribution in [1.82, 2.24) is 0 Å². The number of hydrogen-bond donors (Lipinski definition) is 0. The molecule has 0 saturated carbocycles. The van der Waals surface area contributed by atoms with E-state index in [0.717, 1.165) is 31.6 Å². The summed E-state index contributed by atoms with van der Waals surface area (Å²) in [6.45, 7) is 13.2. The molecule has 0 amide bonds. The number of benzene rings is 1. The average Bonchev–Trinajstić information content (AvgIpc) is 2.62. The lowest BCUT2D eigenvalue weighted by atomic mass is 9.84. The zero-order chi connectivity index (χ0) is 18.9. The number of methoxy groups -OCH3 is 1. The van der Waals surface area contributed by atoms with Crippen LogP contribution in [0.5, 0.6) is 5.75 Å². The molecule has 25 heavy (non-hydrogen) atoms. The third-order valence-corrected chi connectivity index (χ3v) is 4.95. The minimum atomic E-state index is 0.409. The predicted octanol–water partition coefficient (Wildman–Crippen LogP) is 5.89. The van der Waals surface area contributed by atoms with E-state index < -0.39 is 0 Å². The largest absolute Gasteiger partial charge is 0.497 e. The number of ether oxygens (including phenoxy) is 1. The van der Waals surface area contributed by atoms with E-state index in [4.69, 9.17) is 12.6 Å². The fourth-order valence-electron chi connectivity index (χ4n) is 3.40. The zero-order valence-electron chi connectivity index (χ0n) is 17.4. The Balaban J connectivity index is 0.00000151. The normalized spacial score (nSPS) is 15.5. The van der Waals surface area contributed by atoms with Gasteiger partial charge in [-0.3, -0.25) is 0 Å². The van der Waals surface area contributed by atoms with Crippen molar-refractivity contribution in [1.29, 1.82) is 0 Å². The Labute approximate surface area is 157 Å².